The van der Waals surface area contributed by atoms with Gasteiger partial charge in [-0.15, -0.1) is 0 Å². The van der Waals surface area contributed by atoms with Crippen LogP contribution in [0.15, 0.2) is 83.8 Å². The van der Waals surface area contributed by atoms with Crippen LogP contribution >= 0.6 is 24.0 Å². The highest BCUT2D eigenvalue weighted by Gasteiger charge is 2.38. The third kappa shape index (κ3) is 5.08. The molecule has 0 radical (unpaired) electrons. The van der Waals surface area contributed by atoms with E-state index >= 15 is 0 Å². The van der Waals surface area contributed by atoms with Gasteiger partial charge in [0.15, 0.2) is 0 Å². The van der Waals surface area contributed by atoms with Gasteiger partial charge in [-0.2, -0.15) is 0 Å². The molecule has 4 rings (SSSR count). The summed E-state index contributed by atoms with van der Waals surface area (Å²) in [5.41, 5.74) is 3.59. The van der Waals surface area contributed by atoms with Gasteiger partial charge >= 0.3 is 5.97 Å². The van der Waals surface area contributed by atoms with Gasteiger partial charge in [0.05, 0.1) is 10.5 Å². The largest absolute Gasteiger partial charge is 0.478 e. The minimum absolute atomic E-state index is 0.116. The standard InChI is InChI=1S/C26H20N2O4S2/c1-16(23(29)27-21-13-11-20(12-14-21)25(31)32)28-24(30)22(34-26(28)33)15-17-7-9-19(10-8-17)18-5-3-2-4-6-18/h2-16H,1H3,(H,27,29)(H,31,32)/b22-15-. The number of hydrogen-bond acceptors (Lipinski definition) is 5. The fraction of sp³-hybridized carbons (Fsp3) is 0.0769. The van der Waals surface area contributed by atoms with Crippen LogP contribution in [0.5, 0.6) is 0 Å². The molecule has 8 heteroatoms. The van der Waals surface area contributed by atoms with Crippen LogP contribution < -0.4 is 5.32 Å². The minimum Gasteiger partial charge on any atom is -0.478 e. The first kappa shape index (κ1) is 23.4. The molecule has 0 aromatic heterocycles. The molecule has 0 aliphatic carbocycles. The van der Waals surface area contributed by atoms with E-state index in [1.165, 1.54) is 29.2 Å². The predicted molar refractivity (Wildman–Crippen MR) is 138 cm³/mol. The zero-order valence-electron chi connectivity index (χ0n) is 18.1. The Morgan fingerprint density at radius 2 is 1.59 bits per heavy atom. The average Bonchev–Trinajstić information content (AvgIpc) is 3.12. The zero-order valence-corrected chi connectivity index (χ0v) is 19.7. The number of nitrogens with one attached hydrogen (secondary N) is 1. The second-order valence-corrected chi connectivity index (χ2v) is 9.26. The molecule has 1 unspecified atom stereocenters. The summed E-state index contributed by atoms with van der Waals surface area (Å²) in [6.07, 6.45) is 1.77. The van der Waals surface area contributed by atoms with Gasteiger partial charge in [-0.1, -0.05) is 78.6 Å². The van der Waals surface area contributed by atoms with E-state index in [0.29, 0.717) is 14.9 Å². The smallest absolute Gasteiger partial charge is 0.335 e. The van der Waals surface area contributed by atoms with Gasteiger partial charge in [-0.3, -0.25) is 14.5 Å². The fourth-order valence-corrected chi connectivity index (χ4v) is 4.85. The number of thiocarbonyl (C=S) groups is 1. The van der Waals surface area contributed by atoms with Gasteiger partial charge in [-0.25, -0.2) is 4.79 Å². The van der Waals surface area contributed by atoms with Crippen molar-refractivity contribution in [2.24, 2.45) is 0 Å². The van der Waals surface area contributed by atoms with E-state index in [1.807, 2.05) is 54.6 Å². The Balaban J connectivity index is 1.45. The maximum atomic E-state index is 13.0. The molecule has 1 atom stereocenters. The number of hydrogen-bond donors (Lipinski definition) is 2. The lowest BCUT2D eigenvalue weighted by atomic mass is 10.0. The Kier molecular flexibility index (Phi) is 6.90. The first-order valence-corrected chi connectivity index (χ1v) is 11.6. The van der Waals surface area contributed by atoms with E-state index in [-0.39, 0.29) is 11.5 Å². The first-order chi connectivity index (χ1) is 16.3. The normalized spacial score (nSPS) is 15.4. The summed E-state index contributed by atoms with van der Waals surface area (Å²) in [6.45, 7) is 1.60. The maximum absolute atomic E-state index is 13.0. The number of carbonyl (C=O) groups is 3. The number of rotatable bonds is 6. The molecule has 3 aromatic rings. The Labute approximate surface area is 206 Å². The third-order valence-corrected chi connectivity index (χ3v) is 6.64. The highest BCUT2D eigenvalue weighted by Crippen LogP contribution is 2.34. The lowest BCUT2D eigenvalue weighted by molar-refractivity contribution is -0.129. The van der Waals surface area contributed by atoms with Crippen LogP contribution in [-0.2, 0) is 9.59 Å². The molecule has 0 saturated carbocycles. The molecule has 1 heterocycles. The van der Waals surface area contributed by atoms with Crippen molar-refractivity contribution in [3.8, 4) is 11.1 Å². The molecule has 34 heavy (non-hydrogen) atoms. The summed E-state index contributed by atoms with van der Waals surface area (Å²) < 4.78 is 0.307. The van der Waals surface area contributed by atoms with Crippen LogP contribution in [-0.4, -0.2) is 38.2 Å². The van der Waals surface area contributed by atoms with E-state index in [0.717, 1.165) is 28.5 Å². The number of carboxylic acid groups (broad SMARTS) is 1. The van der Waals surface area contributed by atoms with E-state index < -0.39 is 17.9 Å². The summed E-state index contributed by atoms with van der Waals surface area (Å²) in [7, 11) is 0. The molecule has 1 saturated heterocycles. The quantitative estimate of drug-likeness (QED) is 0.363. The maximum Gasteiger partial charge on any atom is 0.335 e. The Bertz CT molecular complexity index is 1290. The molecule has 0 spiro atoms. The van der Waals surface area contributed by atoms with Gasteiger partial charge in [0.25, 0.3) is 5.91 Å². The van der Waals surface area contributed by atoms with Crippen LogP contribution in [0.1, 0.15) is 22.8 Å². The number of amides is 2. The number of aromatic carboxylic acids is 1. The van der Waals surface area contributed by atoms with Crippen LogP contribution in [0.25, 0.3) is 17.2 Å². The van der Waals surface area contributed by atoms with E-state index in [4.69, 9.17) is 17.3 Å². The van der Waals surface area contributed by atoms with Gasteiger partial charge in [0.2, 0.25) is 5.91 Å². The lowest BCUT2D eigenvalue weighted by Crippen LogP contribution is -2.44. The third-order valence-electron chi connectivity index (χ3n) is 5.31. The van der Waals surface area contributed by atoms with Gasteiger partial charge in [-0.05, 0) is 54.0 Å². The van der Waals surface area contributed by atoms with Crippen LogP contribution in [0.2, 0.25) is 0 Å². The van der Waals surface area contributed by atoms with Crippen molar-refractivity contribution >= 4 is 57.8 Å². The summed E-state index contributed by atoms with van der Waals surface area (Å²) in [5.74, 6) is -1.80. The molecule has 1 aliphatic rings. The Morgan fingerprint density at radius 1 is 0.971 bits per heavy atom. The van der Waals surface area contributed by atoms with Gasteiger partial charge in [0, 0.05) is 5.69 Å². The molecule has 6 nitrogen and oxygen atoms in total. The van der Waals surface area contributed by atoms with Gasteiger partial charge in [0.1, 0.15) is 10.4 Å². The number of anilines is 1. The predicted octanol–water partition coefficient (Wildman–Crippen LogP) is 5.28. The number of carbonyl (C=O) groups excluding carboxylic acids is 2. The van der Waals surface area contributed by atoms with E-state index in [2.05, 4.69) is 5.32 Å². The molecule has 3 aromatic carbocycles. The van der Waals surface area contributed by atoms with E-state index in [1.54, 1.807) is 13.0 Å². The van der Waals surface area contributed by atoms with Crippen molar-refractivity contribution < 1.29 is 19.5 Å². The van der Waals surface area contributed by atoms with Crippen molar-refractivity contribution in [1.82, 2.24) is 4.90 Å². The highest BCUT2D eigenvalue weighted by molar-refractivity contribution is 8.26. The van der Waals surface area contributed by atoms with Crippen molar-refractivity contribution in [2.75, 3.05) is 5.32 Å². The summed E-state index contributed by atoms with van der Waals surface area (Å²) in [4.78, 5) is 38.5. The Morgan fingerprint density at radius 3 is 2.21 bits per heavy atom. The number of thioether (sulfide) groups is 1. The lowest BCUT2D eigenvalue weighted by Gasteiger charge is -2.22. The first-order valence-electron chi connectivity index (χ1n) is 10.4. The second kappa shape index (κ2) is 10.0. The molecule has 2 amide bonds. The van der Waals surface area contributed by atoms with E-state index in [9.17, 15) is 14.4 Å². The second-order valence-electron chi connectivity index (χ2n) is 7.59. The molecule has 170 valence electrons. The molecule has 0 bridgehead atoms. The van der Waals surface area contributed by atoms with Crippen LogP contribution in [0.3, 0.4) is 0 Å². The number of carboxylic acids is 1. The SMILES string of the molecule is CC(C(=O)Nc1ccc(C(=O)O)cc1)N1C(=O)/C(=C/c2ccc(-c3ccccc3)cc2)SC1=S. The molecule has 1 fully saturated rings. The zero-order chi connectivity index (χ0) is 24.2. The average molecular weight is 489 g/mol. The van der Waals surface area contributed by atoms with Crippen molar-refractivity contribution in [3.63, 3.8) is 0 Å². The van der Waals surface area contributed by atoms with Crippen molar-refractivity contribution in [2.45, 2.75) is 13.0 Å². The minimum atomic E-state index is -1.05. The van der Waals surface area contributed by atoms with Crippen molar-refractivity contribution in [3.05, 3.63) is 94.9 Å². The topological polar surface area (TPSA) is 86.7 Å². The number of benzene rings is 3. The summed E-state index contributed by atoms with van der Waals surface area (Å²) in [6, 6.07) is 22.8. The molecular weight excluding hydrogens is 468 g/mol. The Hall–Kier alpha value is -3.75. The fourth-order valence-electron chi connectivity index (χ4n) is 3.43. The highest BCUT2D eigenvalue weighted by atomic mass is 32.2. The molecule has 2 N–H and O–H groups in total. The van der Waals surface area contributed by atoms with Crippen LogP contribution in [0.4, 0.5) is 5.69 Å². The summed E-state index contributed by atoms with van der Waals surface area (Å²) >= 11 is 6.54. The monoisotopic (exact) mass is 488 g/mol. The van der Waals surface area contributed by atoms with Gasteiger partial charge < -0.3 is 10.4 Å². The number of nitrogens with zero attached hydrogens (tertiary/aromatic N) is 1. The molecule has 1 aliphatic heterocycles. The summed E-state index contributed by atoms with van der Waals surface area (Å²) in [5, 5.41) is 11.7. The molecular formula is C26H20N2O4S2. The van der Waals surface area contributed by atoms with Crippen molar-refractivity contribution in [1.29, 1.82) is 0 Å². The van der Waals surface area contributed by atoms with Crippen LogP contribution in [0, 0.1) is 0 Å².